The molecule has 2 aromatic heterocycles. The second kappa shape index (κ2) is 11.7. The van der Waals surface area contributed by atoms with E-state index in [0.29, 0.717) is 0 Å². The van der Waals surface area contributed by atoms with Crippen molar-refractivity contribution in [1.82, 2.24) is 9.97 Å². The van der Waals surface area contributed by atoms with Crippen LogP contribution in [0.2, 0.25) is 0 Å². The third kappa shape index (κ3) is 4.73. The molecule has 0 radical (unpaired) electrons. The molecule has 0 saturated heterocycles. The molecule has 0 amide bonds. The minimum absolute atomic E-state index is 0.884. The molecule has 0 bridgehead atoms. The molecule has 0 N–H and O–H groups in total. The highest BCUT2D eigenvalue weighted by atomic mass is 32.1. The Hall–Kier alpha value is -6.36. The molecule has 10 rings (SSSR count). The predicted octanol–water partition coefficient (Wildman–Crippen LogP) is 13.1. The van der Waals surface area contributed by atoms with Gasteiger partial charge in [-0.3, -0.25) is 0 Å². The number of thiophene rings is 1. The summed E-state index contributed by atoms with van der Waals surface area (Å²) in [6, 6.07) is 62.5. The molecule has 0 aliphatic carbocycles. The maximum atomic E-state index is 5.43. The van der Waals surface area contributed by atoms with Crippen LogP contribution in [-0.4, -0.2) is 9.97 Å². The Morgan fingerprint density at radius 2 is 0.980 bits per heavy atom. The fraction of sp³-hybridized carbons (Fsp3) is 0. The molecule has 4 heteroatoms. The monoisotopic (exact) mass is 655 g/mol. The molecule has 50 heavy (non-hydrogen) atoms. The first-order valence-corrected chi connectivity index (χ1v) is 17.6. The largest absolute Gasteiger partial charge is 0.310 e. The van der Waals surface area contributed by atoms with E-state index in [4.69, 9.17) is 9.97 Å². The number of aromatic nitrogens is 2. The molecule has 3 nitrogen and oxygen atoms in total. The maximum absolute atomic E-state index is 5.43. The number of anilines is 3. The van der Waals surface area contributed by atoms with E-state index in [1.807, 2.05) is 23.5 Å². The van der Waals surface area contributed by atoms with Gasteiger partial charge in [-0.25, -0.2) is 9.97 Å². The first-order chi connectivity index (χ1) is 24.8. The molecular formula is C46H29N3S. The van der Waals surface area contributed by atoms with Crippen LogP contribution in [0.4, 0.5) is 17.1 Å². The average molecular weight is 656 g/mol. The van der Waals surface area contributed by atoms with Crippen LogP contribution in [-0.2, 0) is 0 Å². The molecule has 0 aliphatic rings. The second-order valence-corrected chi connectivity index (χ2v) is 13.7. The van der Waals surface area contributed by atoms with Crippen LogP contribution < -0.4 is 4.90 Å². The number of nitrogens with zero attached hydrogens (tertiary/aromatic N) is 3. The number of para-hydroxylation sites is 1. The number of fused-ring (bicyclic) bond motifs is 8. The highest BCUT2D eigenvalue weighted by molar-refractivity contribution is 7.25. The second-order valence-electron chi connectivity index (χ2n) is 12.6. The third-order valence-corrected chi connectivity index (χ3v) is 10.7. The van der Waals surface area contributed by atoms with Gasteiger partial charge < -0.3 is 4.90 Å². The van der Waals surface area contributed by atoms with Gasteiger partial charge in [-0.1, -0.05) is 127 Å². The van der Waals surface area contributed by atoms with Crippen molar-refractivity contribution in [3.63, 3.8) is 0 Å². The summed E-state index contributed by atoms with van der Waals surface area (Å²) in [7, 11) is 0. The van der Waals surface area contributed by atoms with Gasteiger partial charge in [-0.2, -0.15) is 0 Å². The summed E-state index contributed by atoms with van der Waals surface area (Å²) in [5.74, 6) is 0. The zero-order valence-electron chi connectivity index (χ0n) is 27.0. The highest BCUT2D eigenvalue weighted by Crippen LogP contribution is 2.42. The van der Waals surface area contributed by atoms with Crippen molar-refractivity contribution in [3.05, 3.63) is 176 Å². The molecule has 0 aliphatic heterocycles. The van der Waals surface area contributed by atoms with Crippen LogP contribution in [0.1, 0.15) is 0 Å². The molecule has 10 aromatic rings. The number of hydrogen-bond acceptors (Lipinski definition) is 4. The van der Waals surface area contributed by atoms with Crippen molar-refractivity contribution in [2.75, 3.05) is 4.90 Å². The zero-order chi connectivity index (χ0) is 33.0. The summed E-state index contributed by atoms with van der Waals surface area (Å²) >= 11 is 1.85. The number of benzene rings is 8. The van der Waals surface area contributed by atoms with Crippen LogP contribution in [0, 0.1) is 0 Å². The van der Waals surface area contributed by atoms with E-state index in [2.05, 4.69) is 169 Å². The molecule has 8 aromatic carbocycles. The van der Waals surface area contributed by atoms with E-state index in [1.165, 1.54) is 20.2 Å². The zero-order valence-corrected chi connectivity index (χ0v) is 27.8. The third-order valence-electron chi connectivity index (χ3n) is 9.60. The molecule has 2 heterocycles. The van der Waals surface area contributed by atoms with E-state index in [1.54, 1.807) is 0 Å². The van der Waals surface area contributed by atoms with Crippen molar-refractivity contribution in [2.24, 2.45) is 0 Å². The van der Waals surface area contributed by atoms with Crippen LogP contribution in [0.15, 0.2) is 176 Å². The van der Waals surface area contributed by atoms with Gasteiger partial charge in [0.1, 0.15) is 0 Å². The Bertz CT molecular complexity index is 2860. The quantitative estimate of drug-likeness (QED) is 0.173. The summed E-state index contributed by atoms with van der Waals surface area (Å²) in [6.45, 7) is 0. The first kappa shape index (κ1) is 28.6. The lowest BCUT2D eigenvalue weighted by Gasteiger charge is -2.26. The molecule has 0 fully saturated rings. The Labute approximate surface area is 293 Å². The van der Waals surface area contributed by atoms with E-state index in [9.17, 15) is 0 Å². The van der Waals surface area contributed by atoms with Gasteiger partial charge >= 0.3 is 0 Å². The topological polar surface area (TPSA) is 29.0 Å². The predicted molar refractivity (Wildman–Crippen MR) is 213 cm³/mol. The van der Waals surface area contributed by atoms with E-state index in [-0.39, 0.29) is 0 Å². The van der Waals surface area contributed by atoms with Gasteiger partial charge in [-0.05, 0) is 64.7 Å². The van der Waals surface area contributed by atoms with Crippen molar-refractivity contribution >= 4 is 81.1 Å². The standard InChI is InChI=1S/C46H29N3S/c1-4-12-31(13-5-1)44-45(32-14-6-2-7-15-32)48-46-40(47-44)27-22-30-20-21-33-28-35(23-25-37(33)43(30)46)49(34-16-8-3-9-17-34)36-24-26-39-38-18-10-11-19-41(38)50-42(39)29-36/h1-29H. The number of rotatable bonds is 5. The molecule has 0 atom stereocenters. The van der Waals surface area contributed by atoms with Gasteiger partial charge in [-0.15, -0.1) is 11.3 Å². The van der Waals surface area contributed by atoms with Crippen molar-refractivity contribution in [3.8, 4) is 22.5 Å². The van der Waals surface area contributed by atoms with Crippen molar-refractivity contribution < 1.29 is 0 Å². The average Bonchev–Trinajstić information content (AvgIpc) is 3.56. The van der Waals surface area contributed by atoms with Crippen LogP contribution in [0.5, 0.6) is 0 Å². The van der Waals surface area contributed by atoms with Crippen LogP contribution in [0.25, 0.3) is 75.3 Å². The highest BCUT2D eigenvalue weighted by Gasteiger charge is 2.18. The molecule has 0 unspecified atom stereocenters. The van der Waals surface area contributed by atoms with Crippen LogP contribution >= 0.6 is 11.3 Å². The molecule has 0 saturated carbocycles. The first-order valence-electron chi connectivity index (χ1n) is 16.8. The number of hydrogen-bond donors (Lipinski definition) is 0. The fourth-order valence-corrected chi connectivity index (χ4v) is 8.41. The fourth-order valence-electron chi connectivity index (χ4n) is 7.27. The van der Waals surface area contributed by atoms with Gasteiger partial charge in [0.05, 0.1) is 22.4 Å². The minimum Gasteiger partial charge on any atom is -0.310 e. The van der Waals surface area contributed by atoms with Crippen LogP contribution in [0.3, 0.4) is 0 Å². The van der Waals surface area contributed by atoms with E-state index in [0.717, 1.165) is 72.2 Å². The summed E-state index contributed by atoms with van der Waals surface area (Å²) in [6.07, 6.45) is 0. The Balaban J connectivity index is 1.18. The van der Waals surface area contributed by atoms with E-state index >= 15 is 0 Å². The van der Waals surface area contributed by atoms with E-state index < -0.39 is 0 Å². The Morgan fingerprint density at radius 3 is 1.74 bits per heavy atom. The molecule has 0 spiro atoms. The smallest absolute Gasteiger partial charge is 0.0979 e. The maximum Gasteiger partial charge on any atom is 0.0979 e. The lowest BCUT2D eigenvalue weighted by molar-refractivity contribution is 1.29. The summed E-state index contributed by atoms with van der Waals surface area (Å²) in [5.41, 5.74) is 9.03. The van der Waals surface area contributed by atoms with Gasteiger partial charge in [0.15, 0.2) is 0 Å². The molecule has 234 valence electrons. The molecular weight excluding hydrogens is 627 g/mol. The lowest BCUT2D eigenvalue weighted by Crippen LogP contribution is -2.09. The van der Waals surface area contributed by atoms with Gasteiger partial charge in [0, 0.05) is 53.7 Å². The lowest BCUT2D eigenvalue weighted by atomic mass is 9.98. The SMILES string of the molecule is c1ccc(-c2nc3ccc4ccc5cc(N(c6ccccc6)c6ccc7c(c6)sc6ccccc67)ccc5c4c3nc2-c2ccccc2)cc1. The summed E-state index contributed by atoms with van der Waals surface area (Å²) in [4.78, 5) is 13.1. The summed E-state index contributed by atoms with van der Waals surface area (Å²) in [5, 5.41) is 7.18. The van der Waals surface area contributed by atoms with Gasteiger partial charge in [0.25, 0.3) is 0 Å². The normalized spacial score (nSPS) is 11.6. The van der Waals surface area contributed by atoms with Crippen molar-refractivity contribution in [1.29, 1.82) is 0 Å². The van der Waals surface area contributed by atoms with Gasteiger partial charge in [0.2, 0.25) is 0 Å². The Morgan fingerprint density at radius 1 is 0.400 bits per heavy atom. The minimum atomic E-state index is 0.884. The van der Waals surface area contributed by atoms with Crippen molar-refractivity contribution in [2.45, 2.75) is 0 Å². The Kier molecular flexibility index (Phi) is 6.68. The summed E-state index contributed by atoms with van der Waals surface area (Å²) < 4.78 is 2.59.